The summed E-state index contributed by atoms with van der Waals surface area (Å²) in [4.78, 5) is 9.67. The molecule has 6 nitrogen and oxygen atoms in total. The van der Waals surface area contributed by atoms with E-state index in [0.29, 0.717) is 0 Å². The lowest BCUT2D eigenvalue weighted by atomic mass is 10.3. The summed E-state index contributed by atoms with van der Waals surface area (Å²) in [5.74, 6) is -0.775. The standard InChI is InChI=1S/C12H8FNO5S/c13-9-4-6-12(7-5-9)20(17,18)19-11-3-1-2-10(8-11)14(15)16/h1-8H. The summed E-state index contributed by atoms with van der Waals surface area (Å²) in [5, 5.41) is 10.6. The van der Waals surface area contributed by atoms with Gasteiger partial charge in [-0.25, -0.2) is 4.39 Å². The molecule has 0 spiro atoms. The molecule has 0 aliphatic carbocycles. The van der Waals surface area contributed by atoms with Crippen molar-refractivity contribution in [3.05, 3.63) is 64.5 Å². The van der Waals surface area contributed by atoms with Gasteiger partial charge >= 0.3 is 10.1 Å². The second-order valence-corrected chi connectivity index (χ2v) is 5.29. The largest absolute Gasteiger partial charge is 0.379 e. The van der Waals surface area contributed by atoms with Crippen molar-refractivity contribution in [2.75, 3.05) is 0 Å². The highest BCUT2D eigenvalue weighted by molar-refractivity contribution is 7.87. The van der Waals surface area contributed by atoms with Crippen LogP contribution < -0.4 is 4.18 Å². The van der Waals surface area contributed by atoms with E-state index in [1.807, 2.05) is 0 Å². The van der Waals surface area contributed by atoms with Gasteiger partial charge in [0.1, 0.15) is 16.5 Å². The maximum Gasteiger partial charge on any atom is 0.339 e. The summed E-state index contributed by atoms with van der Waals surface area (Å²) < 4.78 is 41.3. The maximum absolute atomic E-state index is 12.7. The molecule has 0 heterocycles. The summed E-state index contributed by atoms with van der Waals surface area (Å²) in [6.45, 7) is 0. The van der Waals surface area contributed by atoms with Crippen molar-refractivity contribution in [3.63, 3.8) is 0 Å². The van der Waals surface area contributed by atoms with Crippen LogP contribution in [0.3, 0.4) is 0 Å². The average molecular weight is 297 g/mol. The Hall–Kier alpha value is -2.48. The summed E-state index contributed by atoms with van der Waals surface area (Å²) in [6, 6.07) is 8.80. The third-order valence-electron chi connectivity index (χ3n) is 2.34. The molecule has 104 valence electrons. The lowest BCUT2D eigenvalue weighted by Gasteiger charge is -2.06. The van der Waals surface area contributed by atoms with Crippen molar-refractivity contribution in [1.82, 2.24) is 0 Å². The van der Waals surface area contributed by atoms with Crippen LogP contribution >= 0.6 is 0 Å². The summed E-state index contributed by atoms with van der Waals surface area (Å²) in [5.41, 5.74) is -0.295. The minimum atomic E-state index is -4.16. The fourth-order valence-electron chi connectivity index (χ4n) is 1.42. The summed E-state index contributed by atoms with van der Waals surface area (Å²) in [7, 11) is -4.16. The molecule has 0 amide bonds. The lowest BCUT2D eigenvalue weighted by Crippen LogP contribution is -2.09. The summed E-state index contributed by atoms with van der Waals surface area (Å²) in [6.07, 6.45) is 0. The zero-order chi connectivity index (χ0) is 14.8. The van der Waals surface area contributed by atoms with E-state index in [1.165, 1.54) is 18.2 Å². The number of non-ortho nitro benzene ring substituents is 1. The van der Waals surface area contributed by atoms with Crippen LogP contribution in [0.2, 0.25) is 0 Å². The highest BCUT2D eigenvalue weighted by Crippen LogP contribution is 2.23. The average Bonchev–Trinajstić information content (AvgIpc) is 2.39. The molecule has 0 N–H and O–H groups in total. The van der Waals surface area contributed by atoms with Crippen molar-refractivity contribution in [1.29, 1.82) is 0 Å². The van der Waals surface area contributed by atoms with Crippen LogP contribution in [0.5, 0.6) is 5.75 Å². The molecule has 20 heavy (non-hydrogen) atoms. The van der Waals surface area contributed by atoms with Gasteiger partial charge in [0.05, 0.1) is 11.0 Å². The molecular formula is C12H8FNO5S. The Morgan fingerprint density at radius 3 is 2.35 bits per heavy atom. The van der Waals surface area contributed by atoms with Crippen LogP contribution in [0.15, 0.2) is 53.4 Å². The molecule has 2 aromatic carbocycles. The Balaban J connectivity index is 2.31. The van der Waals surface area contributed by atoms with Crippen molar-refractivity contribution < 1.29 is 21.9 Å². The first-order valence-electron chi connectivity index (χ1n) is 5.33. The van der Waals surface area contributed by atoms with Gasteiger partial charge in [0, 0.05) is 6.07 Å². The van der Waals surface area contributed by atoms with Gasteiger partial charge in [-0.3, -0.25) is 10.1 Å². The van der Waals surface area contributed by atoms with Crippen LogP contribution in [0, 0.1) is 15.9 Å². The van der Waals surface area contributed by atoms with Crippen molar-refractivity contribution in [2.24, 2.45) is 0 Å². The SMILES string of the molecule is O=[N+]([O-])c1cccc(OS(=O)(=O)c2ccc(F)cc2)c1. The zero-order valence-electron chi connectivity index (χ0n) is 9.89. The molecule has 0 aromatic heterocycles. The van der Waals surface area contributed by atoms with Crippen LogP contribution in [0.1, 0.15) is 0 Å². The number of nitrogens with zero attached hydrogens (tertiary/aromatic N) is 1. The first kappa shape index (κ1) is 13.9. The molecule has 0 saturated heterocycles. The Kier molecular flexibility index (Phi) is 3.66. The van der Waals surface area contributed by atoms with E-state index >= 15 is 0 Å². The molecule has 0 unspecified atom stereocenters. The first-order chi connectivity index (χ1) is 9.38. The van der Waals surface area contributed by atoms with Crippen molar-refractivity contribution in [2.45, 2.75) is 4.90 Å². The Labute approximate surface area is 113 Å². The molecular weight excluding hydrogens is 289 g/mol. The Morgan fingerprint density at radius 1 is 1.10 bits per heavy atom. The number of nitro groups is 1. The third-order valence-corrected chi connectivity index (χ3v) is 3.60. The maximum atomic E-state index is 12.7. The van der Waals surface area contributed by atoms with Gasteiger partial charge in [0.15, 0.2) is 0 Å². The number of hydrogen-bond donors (Lipinski definition) is 0. The van der Waals surface area contributed by atoms with Gasteiger partial charge < -0.3 is 4.18 Å². The van der Waals surface area contributed by atoms with E-state index in [4.69, 9.17) is 4.18 Å². The Bertz CT molecular complexity index is 743. The number of benzene rings is 2. The predicted molar refractivity (Wildman–Crippen MR) is 67.3 cm³/mol. The summed E-state index contributed by atoms with van der Waals surface area (Å²) >= 11 is 0. The fraction of sp³-hybridized carbons (Fsp3) is 0. The molecule has 0 aliphatic rings. The first-order valence-corrected chi connectivity index (χ1v) is 6.74. The highest BCUT2D eigenvalue weighted by Gasteiger charge is 2.18. The van der Waals surface area contributed by atoms with Gasteiger partial charge in [-0.05, 0) is 30.3 Å². The number of hydrogen-bond acceptors (Lipinski definition) is 5. The molecule has 0 radical (unpaired) electrons. The van der Waals surface area contributed by atoms with E-state index in [0.717, 1.165) is 30.3 Å². The Morgan fingerprint density at radius 2 is 1.75 bits per heavy atom. The van der Waals surface area contributed by atoms with E-state index in [-0.39, 0.29) is 16.3 Å². The van der Waals surface area contributed by atoms with E-state index in [2.05, 4.69) is 0 Å². The third kappa shape index (κ3) is 3.09. The molecule has 2 aromatic rings. The van der Waals surface area contributed by atoms with Gasteiger partial charge in [-0.1, -0.05) is 6.07 Å². The van der Waals surface area contributed by atoms with Gasteiger partial charge in [-0.2, -0.15) is 8.42 Å². The smallest absolute Gasteiger partial charge is 0.339 e. The molecule has 0 bridgehead atoms. The topological polar surface area (TPSA) is 86.5 Å². The van der Waals surface area contributed by atoms with Crippen LogP contribution in [-0.4, -0.2) is 13.3 Å². The monoisotopic (exact) mass is 297 g/mol. The number of halogens is 1. The predicted octanol–water partition coefficient (Wildman–Crippen LogP) is 2.50. The molecule has 0 saturated carbocycles. The van der Waals surface area contributed by atoms with E-state index in [9.17, 15) is 22.9 Å². The van der Waals surface area contributed by atoms with Crippen LogP contribution in [-0.2, 0) is 10.1 Å². The van der Waals surface area contributed by atoms with E-state index < -0.39 is 20.9 Å². The number of nitro benzene ring substituents is 1. The van der Waals surface area contributed by atoms with Crippen LogP contribution in [0.4, 0.5) is 10.1 Å². The van der Waals surface area contributed by atoms with Crippen molar-refractivity contribution >= 4 is 15.8 Å². The molecule has 0 aliphatic heterocycles. The van der Waals surface area contributed by atoms with Crippen molar-refractivity contribution in [3.8, 4) is 5.75 Å². The highest BCUT2D eigenvalue weighted by atomic mass is 32.2. The van der Waals surface area contributed by atoms with Gasteiger partial charge in [-0.15, -0.1) is 0 Å². The molecule has 0 fully saturated rings. The fourth-order valence-corrected chi connectivity index (χ4v) is 2.35. The second kappa shape index (κ2) is 5.25. The minimum Gasteiger partial charge on any atom is -0.379 e. The lowest BCUT2D eigenvalue weighted by molar-refractivity contribution is -0.384. The minimum absolute atomic E-state index is 0.191. The van der Waals surface area contributed by atoms with Gasteiger partial charge in [0.25, 0.3) is 5.69 Å². The normalized spacial score (nSPS) is 11.1. The zero-order valence-corrected chi connectivity index (χ0v) is 10.7. The molecule has 2 rings (SSSR count). The molecule has 8 heteroatoms. The molecule has 0 atom stereocenters. The number of rotatable bonds is 4. The second-order valence-electron chi connectivity index (χ2n) is 3.75. The quantitative estimate of drug-likeness (QED) is 0.491. The van der Waals surface area contributed by atoms with Gasteiger partial charge in [0.2, 0.25) is 0 Å². The van der Waals surface area contributed by atoms with E-state index in [1.54, 1.807) is 0 Å². The van der Waals surface area contributed by atoms with Crippen LogP contribution in [0.25, 0.3) is 0 Å².